The van der Waals surface area contributed by atoms with E-state index in [9.17, 15) is 14.7 Å². The Labute approximate surface area is 247 Å². The van der Waals surface area contributed by atoms with Gasteiger partial charge >= 0.3 is 0 Å². The van der Waals surface area contributed by atoms with Crippen LogP contribution in [0.15, 0.2) is 72.3 Å². The Morgan fingerprint density at radius 2 is 1.81 bits per heavy atom. The van der Waals surface area contributed by atoms with Gasteiger partial charge in [0.25, 0.3) is 11.7 Å². The Morgan fingerprint density at radius 3 is 2.55 bits per heavy atom. The monoisotopic (exact) mass is 570 g/mol. The van der Waals surface area contributed by atoms with Crippen molar-refractivity contribution in [2.45, 2.75) is 45.4 Å². The van der Waals surface area contributed by atoms with E-state index < -0.39 is 17.7 Å². The summed E-state index contributed by atoms with van der Waals surface area (Å²) < 4.78 is 17.9. The number of amides is 1. The van der Waals surface area contributed by atoms with E-state index in [1.807, 2.05) is 87.4 Å². The number of benzene rings is 3. The van der Waals surface area contributed by atoms with Crippen LogP contribution in [0.4, 0.5) is 0 Å². The molecule has 8 nitrogen and oxygen atoms in total. The topological polar surface area (TPSA) is 88.5 Å². The Hall–Kier alpha value is -4.30. The van der Waals surface area contributed by atoms with Gasteiger partial charge in [-0.2, -0.15) is 0 Å². The Bertz CT molecular complexity index is 1480. The van der Waals surface area contributed by atoms with Crippen molar-refractivity contribution in [1.82, 2.24) is 9.80 Å². The zero-order valence-corrected chi connectivity index (χ0v) is 24.6. The number of aliphatic hydroxyl groups excluding tert-OH is 1. The molecule has 2 heterocycles. The van der Waals surface area contributed by atoms with E-state index in [-0.39, 0.29) is 17.4 Å². The summed E-state index contributed by atoms with van der Waals surface area (Å²) in [7, 11) is 3.93. The first-order valence-electron chi connectivity index (χ1n) is 14.4. The van der Waals surface area contributed by atoms with Crippen molar-refractivity contribution in [1.29, 1.82) is 0 Å². The molecule has 2 atom stereocenters. The minimum Gasteiger partial charge on any atom is -0.507 e. The number of likely N-dealkylation sites (tertiary alicyclic amines) is 1. The van der Waals surface area contributed by atoms with E-state index in [1.165, 1.54) is 0 Å². The number of nitrogens with zero attached hydrogens (tertiary/aromatic N) is 2. The van der Waals surface area contributed by atoms with Crippen molar-refractivity contribution in [3.63, 3.8) is 0 Å². The summed E-state index contributed by atoms with van der Waals surface area (Å²) in [6, 6.07) is 19.9. The minimum atomic E-state index is -0.780. The summed E-state index contributed by atoms with van der Waals surface area (Å²) in [6.07, 6.45) is 1.42. The largest absolute Gasteiger partial charge is 0.507 e. The summed E-state index contributed by atoms with van der Waals surface area (Å²) in [4.78, 5) is 30.5. The van der Waals surface area contributed by atoms with E-state index in [0.717, 1.165) is 23.4 Å². The molecule has 0 saturated carbocycles. The third kappa shape index (κ3) is 6.14. The van der Waals surface area contributed by atoms with Gasteiger partial charge in [-0.1, -0.05) is 36.4 Å². The fourth-order valence-electron chi connectivity index (χ4n) is 5.56. The number of Topliss-reactive ketones (excluding diaryl/α,β-unsaturated/α-hetero) is 1. The minimum absolute atomic E-state index is 0.0410. The average molecular weight is 571 g/mol. The number of aliphatic hydroxyl groups is 1. The van der Waals surface area contributed by atoms with Gasteiger partial charge in [0.15, 0.2) is 11.5 Å². The maximum absolute atomic E-state index is 13.5. The number of ketones is 1. The van der Waals surface area contributed by atoms with Crippen LogP contribution in [0.3, 0.4) is 0 Å². The van der Waals surface area contributed by atoms with Crippen LogP contribution in [0.1, 0.15) is 48.6 Å². The van der Waals surface area contributed by atoms with Gasteiger partial charge in [-0.25, -0.2) is 0 Å². The van der Waals surface area contributed by atoms with E-state index in [2.05, 4.69) is 0 Å². The molecule has 0 aromatic heterocycles. The lowest BCUT2D eigenvalue weighted by molar-refractivity contribution is -0.139. The van der Waals surface area contributed by atoms with Crippen LogP contribution in [0.5, 0.6) is 17.2 Å². The number of ether oxygens (including phenoxy) is 3. The molecule has 1 N–H and O–H groups in total. The molecule has 3 aromatic rings. The third-order valence-electron chi connectivity index (χ3n) is 7.53. The number of carbonyl (C=O) groups excluding carboxylic acids is 2. The van der Waals surface area contributed by atoms with Crippen molar-refractivity contribution >= 4 is 17.4 Å². The highest BCUT2D eigenvalue weighted by atomic mass is 16.5. The molecule has 1 saturated heterocycles. The van der Waals surface area contributed by atoms with Gasteiger partial charge in [-0.15, -0.1) is 0 Å². The smallest absolute Gasteiger partial charge is 0.295 e. The number of rotatable bonds is 11. The number of hydrogen-bond acceptors (Lipinski definition) is 7. The Balaban J connectivity index is 1.54. The number of fused-ring (bicyclic) bond motifs is 1. The summed E-state index contributed by atoms with van der Waals surface area (Å²) in [5.74, 6) is 0.316. The molecule has 1 fully saturated rings. The van der Waals surface area contributed by atoms with Gasteiger partial charge in [0.2, 0.25) is 0 Å². The molecule has 0 bridgehead atoms. The third-order valence-corrected chi connectivity index (χ3v) is 7.53. The average Bonchev–Trinajstić information content (AvgIpc) is 3.47. The Morgan fingerprint density at radius 1 is 1.02 bits per heavy atom. The summed E-state index contributed by atoms with van der Waals surface area (Å²) in [6.45, 7) is 5.75. The molecule has 42 heavy (non-hydrogen) atoms. The summed E-state index contributed by atoms with van der Waals surface area (Å²) in [5, 5.41) is 11.6. The van der Waals surface area contributed by atoms with Crippen molar-refractivity contribution in [2.24, 2.45) is 0 Å². The van der Waals surface area contributed by atoms with Gasteiger partial charge < -0.3 is 29.1 Å². The predicted octanol–water partition coefficient (Wildman–Crippen LogP) is 5.36. The highest BCUT2D eigenvalue weighted by molar-refractivity contribution is 6.46. The summed E-state index contributed by atoms with van der Waals surface area (Å²) >= 11 is 0. The molecular formula is C34H38N2O6. The van der Waals surface area contributed by atoms with Crippen LogP contribution in [0, 0.1) is 0 Å². The fraction of sp³-hybridized carbons (Fsp3) is 0.353. The van der Waals surface area contributed by atoms with E-state index in [4.69, 9.17) is 14.2 Å². The second kappa shape index (κ2) is 12.7. The van der Waals surface area contributed by atoms with Crippen LogP contribution >= 0.6 is 0 Å². The molecule has 2 aliphatic rings. The van der Waals surface area contributed by atoms with Gasteiger partial charge in [0.1, 0.15) is 24.2 Å². The Kier molecular flexibility index (Phi) is 8.83. The second-order valence-electron chi connectivity index (χ2n) is 11.0. The standard InChI is InChI=1S/C34H38N2O6/c1-5-40-29-20-24(12-15-28(29)41-21-23-10-7-6-8-11-23)31-30(33(38)34(39)36(31)17-9-16-35(3)4)32(37)25-13-14-27-26(19-25)18-22(2)42-27/h6-8,10-15,19-20,22,31,37H,5,9,16-18,21H2,1-4H3/t22-,31-/m0/s1. The molecule has 220 valence electrons. The molecule has 0 spiro atoms. The molecule has 0 unspecified atom stereocenters. The molecule has 2 aliphatic heterocycles. The molecule has 0 aliphatic carbocycles. The molecule has 3 aromatic carbocycles. The first-order valence-corrected chi connectivity index (χ1v) is 14.4. The first-order chi connectivity index (χ1) is 20.3. The van der Waals surface area contributed by atoms with Crippen LogP contribution < -0.4 is 14.2 Å². The second-order valence-corrected chi connectivity index (χ2v) is 11.0. The van der Waals surface area contributed by atoms with Crippen LogP contribution in [-0.4, -0.2) is 66.5 Å². The molecule has 0 radical (unpaired) electrons. The normalized spacial score (nSPS) is 19.2. The van der Waals surface area contributed by atoms with Gasteiger partial charge in [0.05, 0.1) is 18.2 Å². The quantitative estimate of drug-likeness (QED) is 0.189. The van der Waals surface area contributed by atoms with Crippen molar-refractivity contribution in [3.8, 4) is 17.2 Å². The molecule has 5 rings (SSSR count). The predicted molar refractivity (Wildman–Crippen MR) is 161 cm³/mol. The number of hydrogen-bond donors (Lipinski definition) is 1. The summed E-state index contributed by atoms with van der Waals surface area (Å²) in [5.41, 5.74) is 3.19. The van der Waals surface area contributed by atoms with Crippen molar-refractivity contribution < 1.29 is 28.9 Å². The van der Waals surface area contributed by atoms with Gasteiger partial charge in [-0.3, -0.25) is 9.59 Å². The van der Waals surface area contributed by atoms with E-state index in [1.54, 1.807) is 17.0 Å². The van der Waals surface area contributed by atoms with E-state index >= 15 is 0 Å². The van der Waals surface area contributed by atoms with Crippen molar-refractivity contribution in [2.75, 3.05) is 33.8 Å². The maximum atomic E-state index is 13.5. The molecular weight excluding hydrogens is 532 g/mol. The highest BCUT2D eigenvalue weighted by Crippen LogP contribution is 2.43. The van der Waals surface area contributed by atoms with Crippen LogP contribution in [0.25, 0.3) is 5.76 Å². The van der Waals surface area contributed by atoms with E-state index in [0.29, 0.717) is 55.2 Å². The molecule has 1 amide bonds. The zero-order chi connectivity index (χ0) is 29.8. The molecule has 8 heteroatoms. The SMILES string of the molecule is CCOc1cc([C@H]2C(=C(O)c3ccc4c(c3)C[C@H](C)O4)C(=O)C(=O)N2CCCN(C)C)ccc1OCc1ccccc1. The maximum Gasteiger partial charge on any atom is 0.295 e. The van der Waals surface area contributed by atoms with Crippen LogP contribution in [0.2, 0.25) is 0 Å². The van der Waals surface area contributed by atoms with Gasteiger partial charge in [-0.05, 0) is 87.9 Å². The number of carbonyl (C=O) groups is 2. The zero-order valence-electron chi connectivity index (χ0n) is 24.6. The van der Waals surface area contributed by atoms with Gasteiger partial charge in [0, 0.05) is 18.5 Å². The van der Waals surface area contributed by atoms with Crippen LogP contribution in [-0.2, 0) is 22.6 Å². The lowest BCUT2D eigenvalue weighted by atomic mass is 9.94. The fourth-order valence-corrected chi connectivity index (χ4v) is 5.56. The lowest BCUT2D eigenvalue weighted by Crippen LogP contribution is -2.32. The van der Waals surface area contributed by atoms with Crippen molar-refractivity contribution in [3.05, 3.63) is 94.6 Å². The highest BCUT2D eigenvalue weighted by Gasteiger charge is 2.46. The lowest BCUT2D eigenvalue weighted by Gasteiger charge is -2.26. The first kappa shape index (κ1) is 29.2.